The molecule has 1 aromatic carbocycles. The SMILES string of the molecule is O=C1Nc2ccc(CN3C(=O)CCC3=O)cc2/C1=C/c1cc(CN2CCOCC2)c[nH]1. The van der Waals surface area contributed by atoms with Crippen LogP contribution in [0.15, 0.2) is 30.5 Å². The summed E-state index contributed by atoms with van der Waals surface area (Å²) in [5.41, 5.74) is 4.92. The van der Waals surface area contributed by atoms with E-state index < -0.39 is 0 Å². The Morgan fingerprint density at radius 1 is 0.968 bits per heavy atom. The number of hydrogen-bond acceptors (Lipinski definition) is 5. The van der Waals surface area contributed by atoms with Crippen molar-refractivity contribution in [1.29, 1.82) is 0 Å². The van der Waals surface area contributed by atoms with Crippen LogP contribution in [0.1, 0.15) is 35.2 Å². The second-order valence-corrected chi connectivity index (χ2v) is 8.12. The minimum absolute atomic E-state index is 0.144. The molecule has 2 fully saturated rings. The van der Waals surface area contributed by atoms with Gasteiger partial charge in [0.2, 0.25) is 11.8 Å². The van der Waals surface area contributed by atoms with Gasteiger partial charge in [-0.15, -0.1) is 0 Å². The molecule has 5 rings (SSSR count). The van der Waals surface area contributed by atoms with Crippen LogP contribution < -0.4 is 5.32 Å². The van der Waals surface area contributed by atoms with Crippen molar-refractivity contribution >= 4 is 35.1 Å². The molecular weight excluding hydrogens is 396 g/mol. The lowest BCUT2D eigenvalue weighted by molar-refractivity contribution is -0.139. The number of H-pyrrole nitrogens is 1. The fourth-order valence-electron chi connectivity index (χ4n) is 4.27. The zero-order valence-corrected chi connectivity index (χ0v) is 17.1. The highest BCUT2D eigenvalue weighted by atomic mass is 16.5. The number of carbonyl (C=O) groups excluding carboxylic acids is 3. The number of nitrogens with zero attached hydrogens (tertiary/aromatic N) is 2. The molecule has 0 spiro atoms. The molecule has 0 unspecified atom stereocenters. The van der Waals surface area contributed by atoms with Gasteiger partial charge in [-0.05, 0) is 35.4 Å². The van der Waals surface area contributed by atoms with E-state index in [2.05, 4.69) is 21.3 Å². The molecule has 0 radical (unpaired) electrons. The number of ether oxygens (including phenoxy) is 1. The van der Waals surface area contributed by atoms with E-state index in [-0.39, 0.29) is 37.1 Å². The van der Waals surface area contributed by atoms with Crippen LogP contribution in [0.3, 0.4) is 0 Å². The third kappa shape index (κ3) is 4.04. The smallest absolute Gasteiger partial charge is 0.256 e. The monoisotopic (exact) mass is 420 g/mol. The molecule has 3 aliphatic rings. The van der Waals surface area contributed by atoms with Crippen LogP contribution in [0, 0.1) is 0 Å². The highest BCUT2D eigenvalue weighted by Gasteiger charge is 2.30. The molecule has 2 saturated heterocycles. The van der Waals surface area contributed by atoms with E-state index in [4.69, 9.17) is 4.74 Å². The number of imide groups is 1. The summed E-state index contributed by atoms with van der Waals surface area (Å²) in [5.74, 6) is -0.450. The van der Waals surface area contributed by atoms with Crippen LogP contribution in [0.4, 0.5) is 5.69 Å². The van der Waals surface area contributed by atoms with Gasteiger partial charge in [-0.3, -0.25) is 24.2 Å². The summed E-state index contributed by atoms with van der Waals surface area (Å²) in [6.07, 6.45) is 4.36. The van der Waals surface area contributed by atoms with Gasteiger partial charge in [-0.1, -0.05) is 6.07 Å². The molecule has 0 atom stereocenters. The predicted molar refractivity (Wildman–Crippen MR) is 115 cm³/mol. The van der Waals surface area contributed by atoms with E-state index in [9.17, 15) is 14.4 Å². The Morgan fingerprint density at radius 3 is 2.52 bits per heavy atom. The molecule has 0 aliphatic carbocycles. The van der Waals surface area contributed by atoms with Crippen molar-refractivity contribution in [2.75, 3.05) is 31.6 Å². The van der Waals surface area contributed by atoms with Crippen LogP contribution >= 0.6 is 0 Å². The molecule has 8 heteroatoms. The predicted octanol–water partition coefficient (Wildman–Crippen LogP) is 1.99. The molecule has 4 heterocycles. The molecular formula is C23H24N4O4. The molecule has 0 bridgehead atoms. The summed E-state index contributed by atoms with van der Waals surface area (Å²) in [6.45, 7) is 4.43. The number of amides is 3. The molecule has 2 N–H and O–H groups in total. The first-order valence-electron chi connectivity index (χ1n) is 10.5. The highest BCUT2D eigenvalue weighted by molar-refractivity contribution is 6.34. The van der Waals surface area contributed by atoms with Gasteiger partial charge in [-0.25, -0.2) is 0 Å². The Bertz CT molecular complexity index is 1060. The van der Waals surface area contributed by atoms with Gasteiger partial charge < -0.3 is 15.0 Å². The van der Waals surface area contributed by atoms with E-state index in [1.54, 1.807) is 0 Å². The van der Waals surface area contributed by atoms with Gasteiger partial charge >= 0.3 is 0 Å². The van der Waals surface area contributed by atoms with Crippen LogP contribution in [0.2, 0.25) is 0 Å². The number of likely N-dealkylation sites (tertiary alicyclic amines) is 1. The van der Waals surface area contributed by atoms with Crippen LogP contribution in [-0.2, 0) is 32.2 Å². The summed E-state index contributed by atoms with van der Waals surface area (Å²) in [4.78, 5) is 43.3. The minimum Gasteiger partial charge on any atom is -0.379 e. The largest absolute Gasteiger partial charge is 0.379 e. The molecule has 3 aliphatic heterocycles. The third-order valence-electron chi connectivity index (χ3n) is 5.94. The second kappa shape index (κ2) is 8.13. The minimum atomic E-state index is -0.162. The van der Waals surface area contributed by atoms with Gasteiger partial charge in [0, 0.05) is 55.6 Å². The number of fused-ring (bicyclic) bond motifs is 1. The fraction of sp³-hybridized carbons (Fsp3) is 0.348. The summed E-state index contributed by atoms with van der Waals surface area (Å²) in [7, 11) is 0. The number of rotatable bonds is 5. The number of nitrogens with one attached hydrogen (secondary N) is 2. The number of hydrogen-bond donors (Lipinski definition) is 2. The van der Waals surface area contributed by atoms with E-state index in [1.165, 1.54) is 4.90 Å². The molecule has 0 saturated carbocycles. The first kappa shape index (κ1) is 19.7. The number of aromatic nitrogens is 1. The second-order valence-electron chi connectivity index (χ2n) is 8.12. The van der Waals surface area contributed by atoms with Crippen molar-refractivity contribution in [3.8, 4) is 0 Å². The van der Waals surface area contributed by atoms with Crippen molar-refractivity contribution in [2.45, 2.75) is 25.9 Å². The maximum Gasteiger partial charge on any atom is 0.256 e. The van der Waals surface area contributed by atoms with E-state index in [0.717, 1.165) is 60.9 Å². The summed E-state index contributed by atoms with van der Waals surface area (Å²) in [5, 5.41) is 2.89. The number of benzene rings is 1. The maximum absolute atomic E-state index is 12.6. The Hall–Kier alpha value is -3.23. The van der Waals surface area contributed by atoms with Crippen LogP contribution in [0.25, 0.3) is 11.6 Å². The summed E-state index contributed by atoms with van der Waals surface area (Å²) >= 11 is 0. The average Bonchev–Trinajstić information content (AvgIpc) is 3.43. The molecule has 3 amide bonds. The van der Waals surface area contributed by atoms with Crippen LogP contribution in [-0.4, -0.2) is 58.8 Å². The highest BCUT2D eigenvalue weighted by Crippen LogP contribution is 2.34. The summed E-state index contributed by atoms with van der Waals surface area (Å²) in [6, 6.07) is 7.61. The molecule has 1 aromatic heterocycles. The quantitative estimate of drug-likeness (QED) is 0.570. The van der Waals surface area contributed by atoms with Gasteiger partial charge in [0.25, 0.3) is 5.91 Å². The van der Waals surface area contributed by atoms with Crippen molar-refractivity contribution in [1.82, 2.24) is 14.8 Å². The van der Waals surface area contributed by atoms with Crippen molar-refractivity contribution in [2.24, 2.45) is 0 Å². The topological polar surface area (TPSA) is 94.7 Å². The average molecular weight is 420 g/mol. The Labute approximate surface area is 179 Å². The van der Waals surface area contributed by atoms with E-state index in [1.807, 2.05) is 30.5 Å². The Balaban J connectivity index is 1.36. The Morgan fingerprint density at radius 2 is 1.74 bits per heavy atom. The first-order chi connectivity index (χ1) is 15.1. The number of anilines is 1. The zero-order valence-electron chi connectivity index (χ0n) is 17.1. The number of aromatic amines is 1. The number of carbonyl (C=O) groups is 3. The Kier molecular flexibility index (Phi) is 5.17. The van der Waals surface area contributed by atoms with Gasteiger partial charge in [0.15, 0.2) is 0 Å². The normalized spacial score (nSPS) is 20.6. The van der Waals surface area contributed by atoms with Gasteiger partial charge in [0.1, 0.15) is 0 Å². The molecule has 2 aromatic rings. The molecule has 8 nitrogen and oxygen atoms in total. The third-order valence-corrected chi connectivity index (χ3v) is 5.94. The van der Waals surface area contributed by atoms with E-state index in [0.29, 0.717) is 5.57 Å². The standard InChI is InChI=1S/C23H24N4O4/c28-21-3-4-22(29)27(21)14-15-1-2-20-18(10-15)19(23(30)25-20)11-17-9-16(12-24-17)13-26-5-7-31-8-6-26/h1-2,9-12,24H,3-8,13-14H2,(H,25,30)/b19-11-. The van der Waals surface area contributed by atoms with Crippen LogP contribution in [0.5, 0.6) is 0 Å². The van der Waals surface area contributed by atoms with Gasteiger partial charge in [0.05, 0.1) is 25.3 Å². The maximum atomic E-state index is 12.6. The lowest BCUT2D eigenvalue weighted by Gasteiger charge is -2.25. The first-order valence-corrected chi connectivity index (χ1v) is 10.5. The molecule has 31 heavy (non-hydrogen) atoms. The summed E-state index contributed by atoms with van der Waals surface area (Å²) < 4.78 is 5.40. The lowest BCUT2D eigenvalue weighted by atomic mass is 10.0. The van der Waals surface area contributed by atoms with E-state index >= 15 is 0 Å². The molecule has 160 valence electrons. The van der Waals surface area contributed by atoms with Crippen molar-refractivity contribution in [3.63, 3.8) is 0 Å². The van der Waals surface area contributed by atoms with Gasteiger partial charge in [-0.2, -0.15) is 0 Å². The fourth-order valence-corrected chi connectivity index (χ4v) is 4.27. The number of morpholine rings is 1. The lowest BCUT2D eigenvalue weighted by Crippen LogP contribution is -2.35. The van der Waals surface area contributed by atoms with Crippen molar-refractivity contribution in [3.05, 3.63) is 52.8 Å². The van der Waals surface area contributed by atoms with Crippen molar-refractivity contribution < 1.29 is 19.1 Å². The zero-order chi connectivity index (χ0) is 21.4.